The lowest BCUT2D eigenvalue weighted by molar-refractivity contribution is 0.136. The van der Waals surface area contributed by atoms with Crippen molar-refractivity contribution in [2.45, 2.75) is 53.4 Å². The maximum absolute atomic E-state index is 5.63. The number of ether oxygens (including phenoxy) is 1. The van der Waals surface area contributed by atoms with Crippen LogP contribution in [0.5, 0.6) is 5.75 Å². The van der Waals surface area contributed by atoms with Crippen LogP contribution in [0, 0.1) is 39.0 Å². The molecule has 1 N–H and O–H groups in total. The average Bonchev–Trinajstić information content (AvgIpc) is 2.95. The Balaban J connectivity index is 2.03. The Morgan fingerprint density at radius 1 is 1.33 bits per heavy atom. The number of aromatic amines is 1. The second-order valence-electron chi connectivity index (χ2n) is 9.44. The van der Waals surface area contributed by atoms with E-state index in [1.54, 1.807) is 18.4 Å². The number of aromatic nitrogens is 1. The van der Waals surface area contributed by atoms with E-state index in [0.717, 1.165) is 49.0 Å². The van der Waals surface area contributed by atoms with Crippen molar-refractivity contribution in [3.63, 3.8) is 0 Å². The van der Waals surface area contributed by atoms with Gasteiger partial charge in [-0.15, -0.1) is 11.3 Å². The number of benzene rings is 1. The normalized spacial score (nSPS) is 24.5. The second kappa shape index (κ2) is 9.54. The van der Waals surface area contributed by atoms with Crippen LogP contribution in [0.1, 0.15) is 64.5 Å². The van der Waals surface area contributed by atoms with Crippen molar-refractivity contribution in [3.8, 4) is 17.6 Å². The topological polar surface area (TPSA) is 25.0 Å². The van der Waals surface area contributed by atoms with Gasteiger partial charge in [0.15, 0.2) is 3.95 Å². The Labute approximate surface area is 190 Å². The average molecular weight is 440 g/mol. The summed E-state index contributed by atoms with van der Waals surface area (Å²) in [5.41, 5.74) is 2.12. The van der Waals surface area contributed by atoms with E-state index in [0.29, 0.717) is 5.92 Å². The van der Waals surface area contributed by atoms with Gasteiger partial charge in [0, 0.05) is 10.8 Å². The molecule has 4 heteroatoms. The van der Waals surface area contributed by atoms with Crippen molar-refractivity contribution in [1.29, 1.82) is 0 Å². The molecule has 160 valence electrons. The van der Waals surface area contributed by atoms with E-state index in [1.165, 1.54) is 19.3 Å². The van der Waals surface area contributed by atoms with E-state index >= 15 is 0 Å². The van der Waals surface area contributed by atoms with Crippen LogP contribution in [0.4, 0.5) is 0 Å². The van der Waals surface area contributed by atoms with E-state index in [2.05, 4.69) is 69.3 Å². The Morgan fingerprint density at radius 2 is 2.03 bits per heavy atom. The molecule has 1 aliphatic carbocycles. The van der Waals surface area contributed by atoms with E-state index in [4.69, 9.17) is 17.0 Å². The largest absolute Gasteiger partial charge is 0.495 e. The fourth-order valence-corrected chi connectivity index (χ4v) is 6.26. The highest BCUT2D eigenvalue weighted by Crippen LogP contribution is 2.46. The first kappa shape index (κ1) is 22.8. The molecule has 2 nitrogen and oxygen atoms in total. The molecule has 1 heterocycles. The third-order valence-electron chi connectivity index (χ3n) is 5.82. The van der Waals surface area contributed by atoms with E-state index in [9.17, 15) is 0 Å². The van der Waals surface area contributed by atoms with Gasteiger partial charge >= 0.3 is 0 Å². The Morgan fingerprint density at radius 3 is 2.60 bits per heavy atom. The quantitative estimate of drug-likeness (QED) is 0.474. The third kappa shape index (κ3) is 5.65. The molecule has 30 heavy (non-hydrogen) atoms. The number of methoxy groups -OCH3 is 1. The summed E-state index contributed by atoms with van der Waals surface area (Å²) in [4.78, 5) is 3.10. The van der Waals surface area contributed by atoms with Crippen LogP contribution in [0.15, 0.2) is 18.2 Å². The van der Waals surface area contributed by atoms with Gasteiger partial charge in [0.25, 0.3) is 0 Å². The van der Waals surface area contributed by atoms with Crippen molar-refractivity contribution >= 4 is 36.2 Å². The molecule has 0 aliphatic heterocycles. The van der Waals surface area contributed by atoms with Crippen LogP contribution in [0.25, 0.3) is 12.7 Å². The van der Waals surface area contributed by atoms with Crippen molar-refractivity contribution in [3.05, 3.63) is 43.2 Å². The van der Waals surface area contributed by atoms with Gasteiger partial charge in [-0.1, -0.05) is 52.2 Å². The molecule has 0 saturated heterocycles. The smallest absolute Gasteiger partial charge is 0.159 e. The van der Waals surface area contributed by atoms with Gasteiger partial charge < -0.3 is 9.72 Å². The first-order chi connectivity index (χ1) is 14.2. The monoisotopic (exact) mass is 439 g/mol. The van der Waals surface area contributed by atoms with Crippen molar-refractivity contribution in [1.82, 2.24) is 4.98 Å². The molecule has 1 aromatic carbocycles. The zero-order chi connectivity index (χ0) is 21.9. The fraction of sp³-hybridized carbons (Fsp3) is 0.500. The molecule has 0 spiro atoms. The summed E-state index contributed by atoms with van der Waals surface area (Å²) in [6, 6.07) is 6.18. The van der Waals surface area contributed by atoms with Crippen LogP contribution in [-0.2, 0) is 0 Å². The summed E-state index contributed by atoms with van der Waals surface area (Å²) >= 11 is 6.78. The molecular formula is C26H33NOS2. The molecule has 2 aromatic rings. The minimum absolute atomic E-state index is 0.0937. The predicted octanol–water partition coefficient (Wildman–Crippen LogP) is 5.89. The van der Waals surface area contributed by atoms with Gasteiger partial charge in [-0.2, -0.15) is 0 Å². The van der Waals surface area contributed by atoms with Crippen molar-refractivity contribution < 1.29 is 4.74 Å². The lowest BCUT2D eigenvalue weighted by Crippen LogP contribution is -2.32. The maximum Gasteiger partial charge on any atom is 0.159 e. The number of hydrogen-bond acceptors (Lipinski definition) is 3. The highest BCUT2D eigenvalue weighted by Gasteiger charge is 2.37. The fourth-order valence-electron chi connectivity index (χ4n) is 5.12. The van der Waals surface area contributed by atoms with Crippen LogP contribution in [0.2, 0.25) is 0 Å². The molecule has 1 aromatic heterocycles. The highest BCUT2D eigenvalue weighted by molar-refractivity contribution is 7.73. The van der Waals surface area contributed by atoms with Gasteiger partial charge in [0.2, 0.25) is 0 Å². The molecule has 1 fully saturated rings. The van der Waals surface area contributed by atoms with E-state index in [1.807, 2.05) is 6.07 Å². The van der Waals surface area contributed by atoms with E-state index in [-0.39, 0.29) is 5.41 Å². The SMILES string of the molecule is C=c1[nH]c(=S)s/c1=C\c1ccc(OC)c(C#CC2(CC(C)C)CC(C)CC(C)C2)c1. The van der Waals surface area contributed by atoms with Crippen LogP contribution in [-0.4, -0.2) is 12.1 Å². The standard InChI is InChI=1S/C26H33NOS2/c1-17(2)14-26(15-18(3)11-19(4)16-26)10-9-22-12-21(7-8-23(22)28-6)13-24-20(5)27-25(29)30-24/h7-8,12-13,17-19H,5,11,14-16H2,1-4,6H3,(H,27,29)/b24-13-. The van der Waals surface area contributed by atoms with Gasteiger partial charge in [-0.25, -0.2) is 0 Å². The molecule has 1 saturated carbocycles. The molecule has 1 aliphatic rings. The highest BCUT2D eigenvalue weighted by atomic mass is 32.1. The van der Waals surface area contributed by atoms with Crippen molar-refractivity contribution in [2.75, 3.05) is 7.11 Å². The number of hydrogen-bond donors (Lipinski definition) is 1. The van der Waals surface area contributed by atoms with Crippen LogP contribution in [0.3, 0.4) is 0 Å². The molecule has 3 rings (SSSR count). The molecule has 0 bridgehead atoms. The minimum atomic E-state index is 0.0937. The Hall–Kier alpha value is -1.83. The van der Waals surface area contributed by atoms with Crippen LogP contribution < -0.4 is 14.6 Å². The lowest BCUT2D eigenvalue weighted by atomic mass is 9.63. The van der Waals surface area contributed by atoms with Crippen LogP contribution >= 0.6 is 23.6 Å². The summed E-state index contributed by atoms with van der Waals surface area (Å²) in [6.07, 6.45) is 6.95. The summed E-state index contributed by atoms with van der Waals surface area (Å²) < 4.78 is 7.42. The summed E-state index contributed by atoms with van der Waals surface area (Å²) in [6.45, 7) is 13.4. The zero-order valence-corrected chi connectivity index (χ0v) is 20.4. The van der Waals surface area contributed by atoms with Gasteiger partial charge in [0.05, 0.1) is 17.2 Å². The van der Waals surface area contributed by atoms with Crippen molar-refractivity contribution in [2.24, 2.45) is 23.2 Å². The number of H-pyrrole nitrogens is 1. The summed E-state index contributed by atoms with van der Waals surface area (Å²) in [5, 5.41) is 0.856. The zero-order valence-electron chi connectivity index (χ0n) is 18.8. The van der Waals surface area contributed by atoms with E-state index < -0.39 is 0 Å². The number of thiazole rings is 1. The molecular weight excluding hydrogens is 406 g/mol. The number of rotatable bonds is 4. The Bertz CT molecular complexity index is 1100. The molecule has 0 radical (unpaired) electrons. The maximum atomic E-state index is 5.63. The van der Waals surface area contributed by atoms with Gasteiger partial charge in [-0.05, 0) is 79.4 Å². The molecule has 2 unspecified atom stereocenters. The first-order valence-corrected chi connectivity index (χ1v) is 12.0. The summed E-state index contributed by atoms with van der Waals surface area (Å²) in [7, 11) is 1.71. The molecule has 0 amide bonds. The predicted molar refractivity (Wildman–Crippen MR) is 132 cm³/mol. The minimum Gasteiger partial charge on any atom is -0.495 e. The number of nitrogens with one attached hydrogen (secondary N) is 1. The van der Waals surface area contributed by atoms with Gasteiger partial charge in [0.1, 0.15) is 5.75 Å². The lowest BCUT2D eigenvalue weighted by Gasteiger charge is -2.40. The summed E-state index contributed by atoms with van der Waals surface area (Å²) in [5.74, 6) is 10.2. The second-order valence-corrected chi connectivity index (χ2v) is 11.2. The molecule has 2 atom stereocenters. The Kier molecular flexibility index (Phi) is 7.26. The van der Waals surface area contributed by atoms with Gasteiger partial charge in [-0.3, -0.25) is 0 Å². The third-order valence-corrected chi connectivity index (χ3v) is 7.04. The first-order valence-electron chi connectivity index (χ1n) is 10.8.